The van der Waals surface area contributed by atoms with Gasteiger partial charge in [-0.15, -0.1) is 0 Å². The van der Waals surface area contributed by atoms with Gasteiger partial charge in [-0.2, -0.15) is 10.2 Å². The van der Waals surface area contributed by atoms with Crippen molar-refractivity contribution in [1.82, 2.24) is 15.2 Å². The fraction of sp³-hybridized carbons (Fsp3) is 0.105. The van der Waals surface area contributed by atoms with Crippen molar-refractivity contribution in [1.29, 1.82) is 0 Å². The summed E-state index contributed by atoms with van der Waals surface area (Å²) in [5.74, 6) is -0.329. The lowest BCUT2D eigenvalue weighted by Gasteiger charge is -2.03. The highest BCUT2D eigenvalue weighted by molar-refractivity contribution is 9.10. The van der Waals surface area contributed by atoms with Gasteiger partial charge < -0.3 is 0 Å². The average Bonchev–Trinajstić information content (AvgIpc) is 3.10. The summed E-state index contributed by atoms with van der Waals surface area (Å²) < 4.78 is 2.76. The predicted molar refractivity (Wildman–Crippen MR) is 102 cm³/mol. The predicted octanol–water partition coefficient (Wildman–Crippen LogP) is 3.85. The molecule has 0 unspecified atom stereocenters. The summed E-state index contributed by atoms with van der Waals surface area (Å²) >= 11 is 3.41. The Morgan fingerprint density at radius 2 is 1.84 bits per heavy atom. The van der Waals surface area contributed by atoms with Gasteiger partial charge in [0.05, 0.1) is 12.3 Å². The van der Waals surface area contributed by atoms with E-state index in [1.165, 1.54) is 0 Å². The van der Waals surface area contributed by atoms with Crippen LogP contribution in [0.1, 0.15) is 28.5 Å². The Morgan fingerprint density at radius 1 is 1.12 bits per heavy atom. The molecule has 0 saturated heterocycles. The Labute approximate surface area is 154 Å². The maximum Gasteiger partial charge on any atom is 0.291 e. The van der Waals surface area contributed by atoms with Crippen molar-refractivity contribution in [2.45, 2.75) is 13.5 Å². The molecule has 0 aliphatic heterocycles. The van der Waals surface area contributed by atoms with Crippen molar-refractivity contribution in [2.75, 3.05) is 0 Å². The largest absolute Gasteiger partial charge is 0.291 e. The lowest BCUT2D eigenvalue weighted by molar-refractivity contribution is 0.0949. The number of amides is 1. The number of hydrogen-bond acceptors (Lipinski definition) is 3. The Balaban J connectivity index is 1.63. The molecule has 0 fully saturated rings. The zero-order valence-electron chi connectivity index (χ0n) is 13.7. The molecule has 6 heteroatoms. The number of rotatable bonds is 5. The van der Waals surface area contributed by atoms with E-state index < -0.39 is 0 Å². The highest BCUT2D eigenvalue weighted by atomic mass is 79.9. The molecular formula is C19H17BrN4O. The summed E-state index contributed by atoms with van der Waals surface area (Å²) in [4.78, 5) is 12.2. The molecule has 0 bridgehead atoms. The van der Waals surface area contributed by atoms with Gasteiger partial charge >= 0.3 is 0 Å². The minimum Gasteiger partial charge on any atom is -0.268 e. The highest BCUT2D eigenvalue weighted by Gasteiger charge is 2.09. The maximum atomic E-state index is 12.2. The van der Waals surface area contributed by atoms with E-state index in [1.54, 1.807) is 16.9 Å². The van der Waals surface area contributed by atoms with Crippen LogP contribution < -0.4 is 5.43 Å². The van der Waals surface area contributed by atoms with E-state index in [4.69, 9.17) is 0 Å². The lowest BCUT2D eigenvalue weighted by Crippen LogP contribution is -2.20. The molecule has 25 heavy (non-hydrogen) atoms. The second kappa shape index (κ2) is 7.90. The number of aromatic nitrogens is 2. The Bertz CT molecular complexity index is 885. The summed E-state index contributed by atoms with van der Waals surface area (Å²) in [5, 5.41) is 8.44. The first-order valence-electron chi connectivity index (χ1n) is 7.80. The van der Waals surface area contributed by atoms with Gasteiger partial charge in [-0.25, -0.2) is 5.43 Å². The lowest BCUT2D eigenvalue weighted by atomic mass is 10.1. The molecule has 0 saturated carbocycles. The van der Waals surface area contributed by atoms with E-state index in [0.717, 1.165) is 21.3 Å². The quantitative estimate of drug-likeness (QED) is 0.525. The van der Waals surface area contributed by atoms with Gasteiger partial charge in [-0.1, -0.05) is 58.4 Å². The summed E-state index contributed by atoms with van der Waals surface area (Å²) in [6.45, 7) is 2.45. The van der Waals surface area contributed by atoms with Gasteiger partial charge in [0.15, 0.2) is 5.69 Å². The highest BCUT2D eigenvalue weighted by Crippen LogP contribution is 2.11. The Hall–Kier alpha value is -2.73. The van der Waals surface area contributed by atoms with Gasteiger partial charge in [0.2, 0.25) is 0 Å². The average molecular weight is 397 g/mol. The molecule has 0 spiro atoms. The van der Waals surface area contributed by atoms with E-state index in [0.29, 0.717) is 12.2 Å². The molecule has 126 valence electrons. The van der Waals surface area contributed by atoms with E-state index in [2.05, 4.69) is 31.6 Å². The summed E-state index contributed by atoms with van der Waals surface area (Å²) in [5.41, 5.74) is 5.69. The number of hydrogen-bond donors (Lipinski definition) is 1. The first kappa shape index (κ1) is 17.1. The molecule has 3 rings (SSSR count). The topological polar surface area (TPSA) is 59.3 Å². The minimum absolute atomic E-state index is 0.329. The smallest absolute Gasteiger partial charge is 0.268 e. The standard InChI is InChI=1S/C19H17BrN4O/c1-14(16-5-3-2-4-6-16)21-22-19(25)18-11-12-24(23-18)13-15-7-9-17(20)10-8-15/h2-12H,13H2,1H3,(H,22,25)/b21-14-. The van der Waals surface area contributed by atoms with E-state index in [-0.39, 0.29) is 5.91 Å². The molecule has 3 aromatic rings. The number of nitrogens with zero attached hydrogens (tertiary/aromatic N) is 3. The van der Waals surface area contributed by atoms with Crippen LogP contribution in [-0.2, 0) is 6.54 Å². The minimum atomic E-state index is -0.329. The summed E-state index contributed by atoms with van der Waals surface area (Å²) in [6, 6.07) is 19.4. The zero-order valence-corrected chi connectivity index (χ0v) is 15.3. The van der Waals surface area contributed by atoms with Gasteiger partial charge in [-0.05, 0) is 36.2 Å². The summed E-state index contributed by atoms with van der Waals surface area (Å²) in [7, 11) is 0. The van der Waals surface area contributed by atoms with Crippen LogP contribution in [0.4, 0.5) is 0 Å². The molecule has 0 atom stereocenters. The third-order valence-corrected chi connectivity index (χ3v) is 4.18. The zero-order chi connectivity index (χ0) is 17.6. The molecule has 1 heterocycles. The van der Waals surface area contributed by atoms with Crippen LogP contribution in [-0.4, -0.2) is 21.4 Å². The maximum absolute atomic E-state index is 12.2. The van der Waals surface area contributed by atoms with Crippen LogP contribution in [0, 0.1) is 0 Å². The Kier molecular flexibility index (Phi) is 5.40. The normalized spacial score (nSPS) is 11.4. The number of halogens is 1. The van der Waals surface area contributed by atoms with Crippen molar-refractivity contribution in [3.8, 4) is 0 Å². The van der Waals surface area contributed by atoms with E-state index in [9.17, 15) is 4.79 Å². The fourth-order valence-electron chi connectivity index (χ4n) is 2.28. The van der Waals surface area contributed by atoms with Crippen molar-refractivity contribution >= 4 is 27.5 Å². The first-order valence-corrected chi connectivity index (χ1v) is 8.59. The monoisotopic (exact) mass is 396 g/mol. The van der Waals surface area contributed by atoms with Crippen LogP contribution in [0.2, 0.25) is 0 Å². The van der Waals surface area contributed by atoms with Crippen LogP contribution in [0.3, 0.4) is 0 Å². The molecule has 1 aromatic heterocycles. The molecule has 1 N–H and O–H groups in total. The first-order chi connectivity index (χ1) is 12.1. The molecule has 2 aromatic carbocycles. The Morgan fingerprint density at radius 3 is 2.56 bits per heavy atom. The molecule has 1 amide bonds. The van der Waals surface area contributed by atoms with Crippen molar-refractivity contribution in [3.63, 3.8) is 0 Å². The number of carbonyl (C=O) groups is 1. The second-order valence-electron chi connectivity index (χ2n) is 5.53. The molecule has 5 nitrogen and oxygen atoms in total. The number of hydrazone groups is 1. The SMILES string of the molecule is C/C(=N/NC(=O)c1ccn(Cc2ccc(Br)cc2)n1)c1ccccc1. The van der Waals surface area contributed by atoms with Gasteiger partial charge in [0.25, 0.3) is 5.91 Å². The van der Waals surface area contributed by atoms with Gasteiger partial charge in [0.1, 0.15) is 0 Å². The second-order valence-corrected chi connectivity index (χ2v) is 6.44. The van der Waals surface area contributed by atoms with Crippen molar-refractivity contribution in [3.05, 3.63) is 88.2 Å². The van der Waals surface area contributed by atoms with Crippen LogP contribution in [0.5, 0.6) is 0 Å². The van der Waals surface area contributed by atoms with Crippen LogP contribution in [0.25, 0.3) is 0 Å². The van der Waals surface area contributed by atoms with E-state index >= 15 is 0 Å². The molecule has 0 aliphatic carbocycles. The van der Waals surface area contributed by atoms with Crippen molar-refractivity contribution < 1.29 is 4.79 Å². The van der Waals surface area contributed by atoms with Crippen molar-refractivity contribution in [2.24, 2.45) is 5.10 Å². The third-order valence-electron chi connectivity index (χ3n) is 3.65. The third kappa shape index (κ3) is 4.64. The van der Waals surface area contributed by atoms with Gasteiger partial charge in [-0.3, -0.25) is 9.48 Å². The molecule has 0 radical (unpaired) electrons. The molecule has 0 aliphatic rings. The number of benzene rings is 2. The van der Waals surface area contributed by atoms with E-state index in [1.807, 2.05) is 61.5 Å². The molecular weight excluding hydrogens is 380 g/mol. The van der Waals surface area contributed by atoms with Gasteiger partial charge in [0, 0.05) is 10.7 Å². The number of nitrogens with one attached hydrogen (secondary N) is 1. The van der Waals surface area contributed by atoms with Crippen LogP contribution >= 0.6 is 15.9 Å². The fourth-order valence-corrected chi connectivity index (χ4v) is 2.55. The number of carbonyl (C=O) groups excluding carboxylic acids is 1. The summed E-state index contributed by atoms with van der Waals surface area (Å²) in [6.07, 6.45) is 1.78. The van der Waals surface area contributed by atoms with Crippen LogP contribution in [0.15, 0.2) is 76.4 Å².